The van der Waals surface area contributed by atoms with Crippen molar-refractivity contribution in [2.24, 2.45) is 0 Å². The summed E-state index contributed by atoms with van der Waals surface area (Å²) in [6.07, 6.45) is 1.76. The van der Waals surface area contributed by atoms with Gasteiger partial charge in [-0.15, -0.1) is 0 Å². The summed E-state index contributed by atoms with van der Waals surface area (Å²) in [4.78, 5) is 15.7. The molecule has 2 nitrogen and oxygen atoms in total. The van der Waals surface area contributed by atoms with Gasteiger partial charge >= 0.3 is 0 Å². The Morgan fingerprint density at radius 3 is 2.73 bits per heavy atom. The molecule has 15 heavy (non-hydrogen) atoms. The van der Waals surface area contributed by atoms with Gasteiger partial charge in [0.2, 0.25) is 0 Å². The van der Waals surface area contributed by atoms with Gasteiger partial charge in [0, 0.05) is 11.6 Å². The summed E-state index contributed by atoms with van der Waals surface area (Å²) in [7, 11) is 0. The van der Waals surface area contributed by atoms with E-state index in [9.17, 15) is 4.79 Å². The van der Waals surface area contributed by atoms with E-state index in [0.717, 1.165) is 16.5 Å². The molecule has 0 N–H and O–H groups in total. The highest BCUT2D eigenvalue weighted by Crippen LogP contribution is 2.23. The van der Waals surface area contributed by atoms with Crippen molar-refractivity contribution in [3.63, 3.8) is 0 Å². The van der Waals surface area contributed by atoms with Crippen LogP contribution in [0.25, 0.3) is 10.8 Å². The number of carbonyl (C=O) groups excluding carboxylic acids is 1. The molecule has 1 aromatic carbocycles. The molecule has 2 heteroatoms. The summed E-state index contributed by atoms with van der Waals surface area (Å²) in [5.41, 5.74) is 0.876. The van der Waals surface area contributed by atoms with E-state index in [0.29, 0.717) is 0 Å². The lowest BCUT2D eigenvalue weighted by atomic mass is 9.98. The summed E-state index contributed by atoms with van der Waals surface area (Å²) in [5.74, 6) is 0.0231. The minimum atomic E-state index is -0.129. The van der Waals surface area contributed by atoms with Gasteiger partial charge < -0.3 is 0 Å². The van der Waals surface area contributed by atoms with E-state index in [4.69, 9.17) is 0 Å². The van der Waals surface area contributed by atoms with E-state index < -0.39 is 0 Å². The van der Waals surface area contributed by atoms with E-state index >= 15 is 0 Å². The van der Waals surface area contributed by atoms with Crippen molar-refractivity contribution >= 4 is 16.6 Å². The number of ketones is 1. The van der Waals surface area contributed by atoms with E-state index in [1.54, 1.807) is 13.1 Å². The number of pyridine rings is 1. The summed E-state index contributed by atoms with van der Waals surface area (Å²) in [6, 6.07) is 9.97. The number of fused-ring (bicyclic) bond motifs is 1. The van der Waals surface area contributed by atoms with Crippen LogP contribution in [-0.4, -0.2) is 10.8 Å². The average Bonchev–Trinajstić information content (AvgIpc) is 2.27. The molecule has 0 bridgehead atoms. The third kappa shape index (κ3) is 1.75. The molecule has 0 spiro atoms. The van der Waals surface area contributed by atoms with Crippen molar-refractivity contribution in [2.45, 2.75) is 19.8 Å². The molecule has 1 heterocycles. The van der Waals surface area contributed by atoms with Gasteiger partial charge in [0.25, 0.3) is 0 Å². The number of hydrogen-bond acceptors (Lipinski definition) is 2. The largest absolute Gasteiger partial charge is 0.299 e. The van der Waals surface area contributed by atoms with E-state index in [1.165, 1.54) is 0 Å². The SMILES string of the molecule is CC(=O)C(C)c1nccc2ccccc12. The molecular weight excluding hydrogens is 186 g/mol. The maximum Gasteiger partial charge on any atom is 0.138 e. The Bertz CT molecular complexity index is 499. The zero-order chi connectivity index (χ0) is 10.8. The number of Topliss-reactive ketones (excluding diaryl/α,β-unsaturated/α-hetero) is 1. The van der Waals surface area contributed by atoms with Gasteiger partial charge in [-0.2, -0.15) is 0 Å². The van der Waals surface area contributed by atoms with Crippen LogP contribution >= 0.6 is 0 Å². The molecule has 1 unspecified atom stereocenters. The van der Waals surface area contributed by atoms with Crippen LogP contribution in [0, 0.1) is 0 Å². The van der Waals surface area contributed by atoms with Gasteiger partial charge in [0.15, 0.2) is 0 Å². The standard InChI is InChI=1S/C13H13NO/c1-9(10(2)15)13-12-6-4-3-5-11(12)7-8-14-13/h3-9H,1-2H3. The minimum absolute atomic E-state index is 0.129. The van der Waals surface area contributed by atoms with Gasteiger partial charge in [-0.1, -0.05) is 24.3 Å². The first-order chi connectivity index (χ1) is 7.20. The lowest BCUT2D eigenvalue weighted by molar-refractivity contribution is -0.118. The number of aromatic nitrogens is 1. The van der Waals surface area contributed by atoms with Gasteiger partial charge in [-0.05, 0) is 25.3 Å². The zero-order valence-corrected chi connectivity index (χ0v) is 8.90. The Hall–Kier alpha value is -1.70. The van der Waals surface area contributed by atoms with Gasteiger partial charge in [0.1, 0.15) is 5.78 Å². The minimum Gasteiger partial charge on any atom is -0.299 e. The number of carbonyl (C=O) groups is 1. The maximum atomic E-state index is 11.3. The van der Waals surface area contributed by atoms with Crippen LogP contribution in [0.2, 0.25) is 0 Å². The fraction of sp³-hybridized carbons (Fsp3) is 0.231. The van der Waals surface area contributed by atoms with Crippen LogP contribution in [0.15, 0.2) is 36.5 Å². The lowest BCUT2D eigenvalue weighted by Gasteiger charge is -2.09. The number of hydrogen-bond donors (Lipinski definition) is 0. The Morgan fingerprint density at radius 1 is 1.27 bits per heavy atom. The van der Waals surface area contributed by atoms with E-state index in [-0.39, 0.29) is 11.7 Å². The number of benzene rings is 1. The van der Waals surface area contributed by atoms with Gasteiger partial charge in [-0.3, -0.25) is 9.78 Å². The quantitative estimate of drug-likeness (QED) is 0.744. The molecule has 0 aliphatic rings. The Kier molecular flexibility index (Phi) is 2.50. The summed E-state index contributed by atoms with van der Waals surface area (Å²) < 4.78 is 0. The second-order valence-corrected chi connectivity index (χ2v) is 3.75. The maximum absolute atomic E-state index is 11.3. The van der Waals surface area contributed by atoms with Crippen LogP contribution in [0.1, 0.15) is 25.5 Å². The first-order valence-electron chi connectivity index (χ1n) is 5.04. The first kappa shape index (κ1) is 9.84. The molecule has 0 amide bonds. The first-order valence-corrected chi connectivity index (χ1v) is 5.04. The highest BCUT2D eigenvalue weighted by atomic mass is 16.1. The predicted octanol–water partition coefficient (Wildman–Crippen LogP) is 2.93. The van der Waals surface area contributed by atoms with Crippen molar-refractivity contribution in [1.82, 2.24) is 4.98 Å². The molecule has 0 fully saturated rings. The van der Waals surface area contributed by atoms with Crippen molar-refractivity contribution in [3.8, 4) is 0 Å². The second kappa shape index (κ2) is 3.81. The molecule has 1 aromatic heterocycles. The van der Waals surface area contributed by atoms with Crippen LogP contribution in [0.5, 0.6) is 0 Å². The van der Waals surface area contributed by atoms with Gasteiger partial charge in [0.05, 0.1) is 11.6 Å². The highest BCUT2D eigenvalue weighted by molar-refractivity contribution is 5.91. The van der Waals surface area contributed by atoms with Crippen LogP contribution < -0.4 is 0 Å². The van der Waals surface area contributed by atoms with Crippen molar-refractivity contribution in [3.05, 3.63) is 42.2 Å². The molecule has 0 saturated heterocycles. The molecule has 1 atom stereocenters. The summed E-state index contributed by atoms with van der Waals surface area (Å²) in [5, 5.41) is 2.21. The average molecular weight is 199 g/mol. The molecule has 0 radical (unpaired) electrons. The van der Waals surface area contributed by atoms with Gasteiger partial charge in [-0.25, -0.2) is 0 Å². The summed E-state index contributed by atoms with van der Waals surface area (Å²) >= 11 is 0. The van der Waals surface area contributed by atoms with Crippen molar-refractivity contribution in [2.75, 3.05) is 0 Å². The van der Waals surface area contributed by atoms with E-state index in [1.807, 2.05) is 37.3 Å². The molecule has 0 aliphatic carbocycles. The predicted molar refractivity (Wildman–Crippen MR) is 60.8 cm³/mol. The van der Waals surface area contributed by atoms with Crippen LogP contribution in [0.4, 0.5) is 0 Å². The molecule has 2 aromatic rings. The molecule has 0 aliphatic heterocycles. The topological polar surface area (TPSA) is 30.0 Å². The third-order valence-corrected chi connectivity index (χ3v) is 2.72. The number of rotatable bonds is 2. The lowest BCUT2D eigenvalue weighted by Crippen LogP contribution is -2.06. The fourth-order valence-electron chi connectivity index (χ4n) is 1.68. The van der Waals surface area contributed by atoms with Crippen molar-refractivity contribution in [1.29, 1.82) is 0 Å². The normalized spacial score (nSPS) is 12.7. The molecule has 2 rings (SSSR count). The van der Waals surface area contributed by atoms with E-state index in [2.05, 4.69) is 4.98 Å². The second-order valence-electron chi connectivity index (χ2n) is 3.75. The fourth-order valence-corrected chi connectivity index (χ4v) is 1.68. The third-order valence-electron chi connectivity index (χ3n) is 2.72. The van der Waals surface area contributed by atoms with Crippen LogP contribution in [0.3, 0.4) is 0 Å². The Labute approximate surface area is 89.0 Å². The smallest absolute Gasteiger partial charge is 0.138 e. The molecule has 0 saturated carbocycles. The molecular formula is C13H13NO. The number of nitrogens with zero attached hydrogens (tertiary/aromatic N) is 1. The van der Waals surface area contributed by atoms with Crippen LogP contribution in [-0.2, 0) is 4.79 Å². The monoisotopic (exact) mass is 199 g/mol. The summed E-state index contributed by atoms with van der Waals surface area (Å²) in [6.45, 7) is 3.51. The molecule has 76 valence electrons. The van der Waals surface area contributed by atoms with Crippen molar-refractivity contribution < 1.29 is 4.79 Å². The highest BCUT2D eigenvalue weighted by Gasteiger charge is 2.14. The Balaban J connectivity index is 2.65. The zero-order valence-electron chi connectivity index (χ0n) is 8.90. The Morgan fingerprint density at radius 2 is 2.00 bits per heavy atom.